The zero-order chi connectivity index (χ0) is 31.9. The number of benzene rings is 6. The molecule has 0 unspecified atom stereocenters. The molecule has 1 aliphatic rings. The molecule has 0 saturated heterocycles. The Balaban J connectivity index is 1.33. The Morgan fingerprint density at radius 3 is 1.35 bits per heavy atom. The molecule has 8 aromatic rings. The van der Waals surface area contributed by atoms with E-state index >= 15 is 0 Å². The van der Waals surface area contributed by atoms with Gasteiger partial charge in [0.05, 0.1) is 23.8 Å². The number of aromatic nitrogens is 2. The third kappa shape index (κ3) is 4.70. The Morgan fingerprint density at radius 2 is 0.812 bits per heavy atom. The summed E-state index contributed by atoms with van der Waals surface area (Å²) in [6, 6.07) is 56.1. The zero-order valence-electron chi connectivity index (χ0n) is 26.1. The second-order valence-corrected chi connectivity index (χ2v) is 11.9. The molecule has 6 aromatic carbocycles. The van der Waals surface area contributed by atoms with Crippen LogP contribution in [0, 0.1) is 0 Å². The van der Waals surface area contributed by atoms with Crippen LogP contribution in [0.1, 0.15) is 0 Å². The summed E-state index contributed by atoms with van der Waals surface area (Å²) in [5.74, 6) is 0. The topological polar surface area (TPSA) is 32.3 Å². The van der Waals surface area contributed by atoms with E-state index in [-0.39, 0.29) is 0 Å². The van der Waals surface area contributed by atoms with Crippen LogP contribution in [0.4, 0.5) is 34.1 Å². The van der Waals surface area contributed by atoms with Crippen molar-refractivity contribution in [2.75, 3.05) is 9.80 Å². The fourth-order valence-corrected chi connectivity index (χ4v) is 7.09. The highest BCUT2D eigenvalue weighted by Crippen LogP contribution is 2.50. The van der Waals surface area contributed by atoms with E-state index < -0.39 is 0 Å². The van der Waals surface area contributed by atoms with Gasteiger partial charge in [-0.3, -0.25) is 9.97 Å². The summed E-state index contributed by atoms with van der Waals surface area (Å²) in [6.45, 7) is 0. The Kier molecular flexibility index (Phi) is 6.76. The monoisotopic (exact) mass is 614 g/mol. The lowest BCUT2D eigenvalue weighted by Crippen LogP contribution is -2.14. The first-order valence-corrected chi connectivity index (χ1v) is 16.1. The smallest absolute Gasteiger partial charge is 0.0644 e. The third-order valence-corrected chi connectivity index (χ3v) is 9.12. The van der Waals surface area contributed by atoms with Crippen LogP contribution in [0.5, 0.6) is 0 Å². The first-order valence-electron chi connectivity index (χ1n) is 16.1. The van der Waals surface area contributed by atoms with Gasteiger partial charge in [-0.25, -0.2) is 0 Å². The van der Waals surface area contributed by atoms with E-state index in [0.29, 0.717) is 0 Å². The Labute approximate surface area is 279 Å². The van der Waals surface area contributed by atoms with Gasteiger partial charge in [-0.15, -0.1) is 0 Å². The molecule has 0 bridgehead atoms. The first kappa shape index (κ1) is 27.8. The van der Waals surface area contributed by atoms with Gasteiger partial charge < -0.3 is 9.80 Å². The van der Waals surface area contributed by atoms with Gasteiger partial charge >= 0.3 is 0 Å². The second-order valence-electron chi connectivity index (χ2n) is 11.9. The average molecular weight is 615 g/mol. The molecule has 0 N–H and O–H groups in total. The van der Waals surface area contributed by atoms with E-state index in [9.17, 15) is 0 Å². The lowest BCUT2D eigenvalue weighted by atomic mass is 9.93. The molecular formula is C44H30N4. The number of para-hydroxylation sites is 2. The van der Waals surface area contributed by atoms with Crippen molar-refractivity contribution in [1.82, 2.24) is 9.97 Å². The lowest BCUT2D eigenvalue weighted by molar-refractivity contribution is 1.21. The molecule has 0 saturated carbocycles. The number of fused-ring (bicyclic) bond motifs is 3. The van der Waals surface area contributed by atoms with Crippen molar-refractivity contribution < 1.29 is 0 Å². The zero-order valence-corrected chi connectivity index (χ0v) is 26.1. The van der Waals surface area contributed by atoms with Crippen LogP contribution in [0.25, 0.3) is 44.2 Å². The summed E-state index contributed by atoms with van der Waals surface area (Å²) >= 11 is 0. The summed E-state index contributed by atoms with van der Waals surface area (Å²) in [7, 11) is 0. The van der Waals surface area contributed by atoms with Crippen molar-refractivity contribution in [2.24, 2.45) is 0 Å². The van der Waals surface area contributed by atoms with E-state index in [0.717, 1.165) is 39.7 Å². The van der Waals surface area contributed by atoms with Crippen molar-refractivity contribution in [3.8, 4) is 33.4 Å². The standard InChI is InChI=1S/C44H30N4/c1-3-12-32(13-4-1)47(34-16-10-24-45-29-34)36-26-31(27-37(28-36)48(33-14-5-2-6-15-33)35-17-11-25-46-30-35)38-22-23-43-40-19-8-7-18-39(40)42-21-9-20-41(38)44(42)43/h1-30H. The molecule has 0 aliphatic heterocycles. The Bertz CT molecular complexity index is 2180. The maximum atomic E-state index is 4.52. The molecule has 2 heterocycles. The molecule has 48 heavy (non-hydrogen) atoms. The van der Waals surface area contributed by atoms with Gasteiger partial charge in [0.1, 0.15) is 0 Å². The number of nitrogens with zero attached hydrogens (tertiary/aromatic N) is 4. The third-order valence-electron chi connectivity index (χ3n) is 9.12. The van der Waals surface area contributed by atoms with Gasteiger partial charge in [-0.05, 0) is 111 Å². The molecule has 0 amide bonds. The number of anilines is 6. The molecule has 0 atom stereocenters. The highest BCUT2D eigenvalue weighted by atomic mass is 15.2. The largest absolute Gasteiger partial charge is 0.309 e. The number of pyridine rings is 2. The van der Waals surface area contributed by atoms with E-state index in [1.807, 2.05) is 36.9 Å². The molecule has 4 heteroatoms. The van der Waals surface area contributed by atoms with Crippen molar-refractivity contribution in [1.29, 1.82) is 0 Å². The van der Waals surface area contributed by atoms with Crippen LogP contribution in [0.3, 0.4) is 0 Å². The molecule has 4 nitrogen and oxygen atoms in total. The van der Waals surface area contributed by atoms with E-state index in [1.165, 1.54) is 38.6 Å². The molecular weight excluding hydrogens is 585 g/mol. The normalized spacial score (nSPS) is 11.3. The van der Waals surface area contributed by atoms with Crippen molar-refractivity contribution in [3.05, 3.63) is 183 Å². The highest BCUT2D eigenvalue weighted by Gasteiger charge is 2.24. The van der Waals surface area contributed by atoms with Crippen LogP contribution in [0.15, 0.2) is 183 Å². The maximum absolute atomic E-state index is 4.52. The fraction of sp³-hybridized carbons (Fsp3) is 0. The van der Waals surface area contributed by atoms with Crippen molar-refractivity contribution >= 4 is 44.9 Å². The summed E-state index contributed by atoms with van der Waals surface area (Å²) in [5, 5.41) is 2.55. The molecule has 1 aliphatic carbocycles. The van der Waals surface area contributed by atoms with Gasteiger partial charge in [0.15, 0.2) is 0 Å². The molecule has 0 spiro atoms. The molecule has 9 rings (SSSR count). The van der Waals surface area contributed by atoms with E-state index in [2.05, 4.69) is 165 Å². The van der Waals surface area contributed by atoms with Gasteiger partial charge in [-0.1, -0.05) is 91.0 Å². The van der Waals surface area contributed by atoms with Crippen LogP contribution in [0.2, 0.25) is 0 Å². The SMILES string of the molecule is c1ccc(N(c2cccnc2)c2cc(-c3ccc4c5c(cccc35)-c3ccccc3-4)cc(N(c3ccccc3)c3cccnc3)c2)cc1. The van der Waals surface area contributed by atoms with Crippen LogP contribution < -0.4 is 9.80 Å². The van der Waals surface area contributed by atoms with Crippen LogP contribution in [-0.4, -0.2) is 9.97 Å². The minimum absolute atomic E-state index is 0.982. The second kappa shape index (κ2) is 11.7. The highest BCUT2D eigenvalue weighted by molar-refractivity contribution is 6.18. The summed E-state index contributed by atoms with van der Waals surface area (Å²) in [4.78, 5) is 13.6. The predicted molar refractivity (Wildman–Crippen MR) is 199 cm³/mol. The van der Waals surface area contributed by atoms with E-state index in [1.54, 1.807) is 0 Å². The molecule has 0 fully saturated rings. The summed E-state index contributed by atoms with van der Waals surface area (Å²) < 4.78 is 0. The summed E-state index contributed by atoms with van der Waals surface area (Å²) in [6.07, 6.45) is 7.48. The predicted octanol–water partition coefficient (Wildman–Crippen LogP) is 11.9. The Morgan fingerprint density at radius 1 is 0.333 bits per heavy atom. The Hall–Kier alpha value is -6.52. The van der Waals surface area contributed by atoms with Crippen molar-refractivity contribution in [3.63, 3.8) is 0 Å². The lowest BCUT2D eigenvalue weighted by Gasteiger charge is -2.30. The first-order chi connectivity index (χ1) is 23.8. The molecule has 2 aromatic heterocycles. The van der Waals surface area contributed by atoms with Crippen molar-refractivity contribution in [2.45, 2.75) is 0 Å². The average Bonchev–Trinajstić information content (AvgIpc) is 3.49. The minimum Gasteiger partial charge on any atom is -0.309 e. The molecule has 226 valence electrons. The number of hydrogen-bond acceptors (Lipinski definition) is 4. The summed E-state index contributed by atoms with van der Waals surface area (Å²) in [5.41, 5.74) is 13.6. The minimum atomic E-state index is 0.982. The quantitative estimate of drug-likeness (QED) is 0.179. The van der Waals surface area contributed by atoms with Gasteiger partial charge in [-0.2, -0.15) is 0 Å². The van der Waals surface area contributed by atoms with Gasteiger partial charge in [0, 0.05) is 35.1 Å². The number of rotatable bonds is 7. The maximum Gasteiger partial charge on any atom is 0.0644 e. The van der Waals surface area contributed by atoms with Crippen LogP contribution >= 0.6 is 0 Å². The fourth-order valence-electron chi connectivity index (χ4n) is 7.09. The number of hydrogen-bond donors (Lipinski definition) is 0. The van der Waals surface area contributed by atoms with Crippen LogP contribution in [-0.2, 0) is 0 Å². The van der Waals surface area contributed by atoms with E-state index in [4.69, 9.17) is 0 Å². The molecule has 0 radical (unpaired) electrons. The van der Waals surface area contributed by atoms with Gasteiger partial charge in [0.2, 0.25) is 0 Å². The van der Waals surface area contributed by atoms with Gasteiger partial charge in [0.25, 0.3) is 0 Å².